The summed E-state index contributed by atoms with van der Waals surface area (Å²) in [5.74, 6) is 1.27. The predicted octanol–water partition coefficient (Wildman–Crippen LogP) is 1.47. The van der Waals surface area contributed by atoms with Crippen LogP contribution in [0.2, 0.25) is 0 Å². The minimum Gasteiger partial charge on any atom is -0.338 e. The lowest BCUT2D eigenvalue weighted by atomic mass is 10.0. The molecule has 0 aromatic heterocycles. The van der Waals surface area contributed by atoms with Gasteiger partial charge in [-0.15, -0.1) is 12.4 Å². The molecule has 8 heteroatoms. The molecular formula is C16H29ClN4O2S. The quantitative estimate of drug-likeness (QED) is 0.484. The Hall–Kier alpha value is -0.660. The van der Waals surface area contributed by atoms with Crippen LogP contribution >= 0.6 is 24.2 Å². The van der Waals surface area contributed by atoms with Gasteiger partial charge in [-0.2, -0.15) is 11.8 Å². The zero-order chi connectivity index (χ0) is 16.2. The lowest BCUT2D eigenvalue weighted by molar-refractivity contribution is -0.134. The van der Waals surface area contributed by atoms with Gasteiger partial charge in [0.25, 0.3) is 0 Å². The van der Waals surface area contributed by atoms with Gasteiger partial charge in [-0.25, -0.2) is 4.79 Å². The molecule has 4 atom stereocenters. The first-order valence-electron chi connectivity index (χ1n) is 8.87. The molecule has 0 aromatic carbocycles. The lowest BCUT2D eigenvalue weighted by Gasteiger charge is -2.35. The number of halogens is 1. The lowest BCUT2D eigenvalue weighted by Crippen LogP contribution is -2.47. The summed E-state index contributed by atoms with van der Waals surface area (Å²) in [6.45, 7) is 1.46. The van der Waals surface area contributed by atoms with Crippen LogP contribution in [0.4, 0.5) is 4.79 Å². The Kier molecular flexibility index (Phi) is 7.50. The van der Waals surface area contributed by atoms with Crippen LogP contribution in [0.15, 0.2) is 0 Å². The largest absolute Gasteiger partial charge is 0.338 e. The van der Waals surface area contributed by atoms with E-state index in [9.17, 15) is 9.59 Å². The van der Waals surface area contributed by atoms with E-state index in [1.807, 2.05) is 16.7 Å². The third-order valence-electron chi connectivity index (χ3n) is 5.29. The van der Waals surface area contributed by atoms with Crippen molar-refractivity contribution >= 4 is 36.1 Å². The fourth-order valence-corrected chi connectivity index (χ4v) is 5.53. The third-order valence-corrected chi connectivity index (χ3v) is 6.80. The van der Waals surface area contributed by atoms with E-state index in [-0.39, 0.29) is 42.5 Å². The number of amides is 3. The maximum absolute atomic E-state index is 12.4. The minimum absolute atomic E-state index is 0. The number of likely N-dealkylation sites (tertiary alicyclic amines) is 1. The molecule has 0 aromatic rings. The SMILES string of the molecule is Cl.NCC1CCCCN1C(=O)CCCC[C@@H]1SC[C@@H]2NC(=O)N[C@@H]21. The highest BCUT2D eigenvalue weighted by molar-refractivity contribution is 8.00. The maximum Gasteiger partial charge on any atom is 0.315 e. The average molecular weight is 377 g/mol. The van der Waals surface area contributed by atoms with Crippen molar-refractivity contribution in [2.24, 2.45) is 5.73 Å². The Bertz CT molecular complexity index is 454. The van der Waals surface area contributed by atoms with Crippen LogP contribution in [-0.2, 0) is 4.79 Å². The number of carbonyl (C=O) groups is 2. The van der Waals surface area contributed by atoms with Gasteiger partial charge in [0, 0.05) is 36.6 Å². The molecule has 0 spiro atoms. The topological polar surface area (TPSA) is 87.5 Å². The number of fused-ring (bicyclic) bond motifs is 1. The average Bonchev–Trinajstić information content (AvgIpc) is 3.10. The van der Waals surface area contributed by atoms with Crippen molar-refractivity contribution in [3.8, 4) is 0 Å². The summed E-state index contributed by atoms with van der Waals surface area (Å²) in [6.07, 6.45) is 7.03. The van der Waals surface area contributed by atoms with Crippen LogP contribution in [-0.4, -0.2) is 59.1 Å². The van der Waals surface area contributed by atoms with Crippen LogP contribution < -0.4 is 16.4 Å². The fraction of sp³-hybridized carbons (Fsp3) is 0.875. The highest BCUT2D eigenvalue weighted by atomic mass is 35.5. The number of unbranched alkanes of at least 4 members (excludes halogenated alkanes) is 1. The zero-order valence-corrected chi connectivity index (χ0v) is 15.7. The molecule has 0 radical (unpaired) electrons. The van der Waals surface area contributed by atoms with Gasteiger partial charge in [0.05, 0.1) is 12.1 Å². The first-order valence-corrected chi connectivity index (χ1v) is 9.92. The number of thioether (sulfide) groups is 1. The maximum atomic E-state index is 12.4. The normalized spacial score (nSPS) is 31.9. The number of nitrogens with zero attached hydrogens (tertiary/aromatic N) is 1. The van der Waals surface area contributed by atoms with Crippen molar-refractivity contribution in [2.45, 2.75) is 68.3 Å². The van der Waals surface area contributed by atoms with Gasteiger partial charge in [-0.05, 0) is 32.1 Å². The van der Waals surface area contributed by atoms with Crippen molar-refractivity contribution in [3.63, 3.8) is 0 Å². The van der Waals surface area contributed by atoms with E-state index >= 15 is 0 Å². The number of hydrogen-bond acceptors (Lipinski definition) is 4. The number of hydrogen-bond donors (Lipinski definition) is 3. The second kappa shape index (κ2) is 9.15. The number of nitrogens with one attached hydrogen (secondary N) is 2. The van der Waals surface area contributed by atoms with Crippen molar-refractivity contribution in [1.82, 2.24) is 15.5 Å². The minimum atomic E-state index is -0.0293. The molecule has 138 valence electrons. The summed E-state index contributed by atoms with van der Waals surface area (Å²) in [7, 11) is 0. The molecule has 3 amide bonds. The van der Waals surface area contributed by atoms with E-state index in [0.29, 0.717) is 18.2 Å². The Labute approximate surface area is 154 Å². The second-order valence-electron chi connectivity index (χ2n) is 6.84. The molecule has 24 heavy (non-hydrogen) atoms. The Balaban J connectivity index is 0.00000208. The van der Waals surface area contributed by atoms with Gasteiger partial charge in [0.15, 0.2) is 0 Å². The zero-order valence-electron chi connectivity index (χ0n) is 14.0. The summed E-state index contributed by atoms with van der Waals surface area (Å²) in [5, 5.41) is 6.47. The molecule has 3 aliphatic heterocycles. The molecule has 3 saturated heterocycles. The van der Waals surface area contributed by atoms with Crippen molar-refractivity contribution in [1.29, 1.82) is 0 Å². The van der Waals surface area contributed by atoms with Crippen LogP contribution in [0, 0.1) is 0 Å². The molecular weight excluding hydrogens is 348 g/mol. The molecule has 3 aliphatic rings. The van der Waals surface area contributed by atoms with Crippen LogP contribution in [0.25, 0.3) is 0 Å². The summed E-state index contributed by atoms with van der Waals surface area (Å²) in [4.78, 5) is 25.8. The van der Waals surface area contributed by atoms with Crippen LogP contribution in [0.5, 0.6) is 0 Å². The number of rotatable bonds is 6. The molecule has 0 saturated carbocycles. The smallest absolute Gasteiger partial charge is 0.315 e. The van der Waals surface area contributed by atoms with E-state index < -0.39 is 0 Å². The van der Waals surface area contributed by atoms with Gasteiger partial charge in [-0.1, -0.05) is 6.42 Å². The molecule has 3 heterocycles. The molecule has 0 aliphatic carbocycles. The number of nitrogens with two attached hydrogens (primary N) is 1. The number of urea groups is 1. The molecule has 0 bridgehead atoms. The number of carbonyl (C=O) groups excluding carboxylic acids is 2. The monoisotopic (exact) mass is 376 g/mol. The summed E-state index contributed by atoms with van der Waals surface area (Å²) < 4.78 is 0. The first-order chi connectivity index (χ1) is 11.2. The summed E-state index contributed by atoms with van der Waals surface area (Å²) in [5.41, 5.74) is 5.79. The highest BCUT2D eigenvalue weighted by Crippen LogP contribution is 2.33. The van der Waals surface area contributed by atoms with Gasteiger partial charge < -0.3 is 21.3 Å². The van der Waals surface area contributed by atoms with Crippen LogP contribution in [0.3, 0.4) is 0 Å². The highest BCUT2D eigenvalue weighted by Gasteiger charge is 2.42. The standard InChI is InChI=1S/C16H28N4O2S.ClH/c17-9-11-5-3-4-8-20(11)14(21)7-2-1-6-13-15-12(10-23-13)18-16(22)19-15;/h11-13,15H,1-10,17H2,(H2,18,19,22);1H/t11?,12-,13-,15-;/m0./s1. The van der Waals surface area contributed by atoms with E-state index in [0.717, 1.165) is 44.4 Å². The van der Waals surface area contributed by atoms with E-state index in [2.05, 4.69) is 10.6 Å². The van der Waals surface area contributed by atoms with Gasteiger partial charge in [-0.3, -0.25) is 4.79 Å². The Morgan fingerprint density at radius 1 is 1.29 bits per heavy atom. The van der Waals surface area contributed by atoms with Gasteiger partial charge in [0.2, 0.25) is 5.91 Å². The second-order valence-corrected chi connectivity index (χ2v) is 8.11. The van der Waals surface area contributed by atoms with E-state index in [1.54, 1.807) is 0 Å². The van der Waals surface area contributed by atoms with Crippen molar-refractivity contribution in [2.75, 3.05) is 18.8 Å². The summed E-state index contributed by atoms with van der Waals surface area (Å²) >= 11 is 1.94. The summed E-state index contributed by atoms with van der Waals surface area (Å²) in [6, 6.07) is 0.783. The van der Waals surface area contributed by atoms with E-state index in [1.165, 1.54) is 6.42 Å². The Morgan fingerprint density at radius 2 is 2.12 bits per heavy atom. The Morgan fingerprint density at radius 3 is 2.92 bits per heavy atom. The van der Waals surface area contributed by atoms with Crippen molar-refractivity contribution in [3.05, 3.63) is 0 Å². The van der Waals surface area contributed by atoms with E-state index in [4.69, 9.17) is 5.73 Å². The predicted molar refractivity (Wildman–Crippen MR) is 99.6 cm³/mol. The molecule has 3 fully saturated rings. The molecule has 4 N–H and O–H groups in total. The fourth-order valence-electron chi connectivity index (χ4n) is 3.98. The molecule has 3 rings (SSSR count). The van der Waals surface area contributed by atoms with Gasteiger partial charge in [0.1, 0.15) is 0 Å². The first kappa shape index (κ1) is 19.7. The van der Waals surface area contributed by atoms with Crippen molar-refractivity contribution < 1.29 is 9.59 Å². The number of piperidine rings is 1. The van der Waals surface area contributed by atoms with Gasteiger partial charge >= 0.3 is 6.03 Å². The molecule has 6 nitrogen and oxygen atoms in total. The third kappa shape index (κ3) is 4.49. The van der Waals surface area contributed by atoms with Crippen LogP contribution in [0.1, 0.15) is 44.9 Å². The molecule has 1 unspecified atom stereocenters.